The van der Waals surface area contributed by atoms with E-state index in [4.69, 9.17) is 14.0 Å². The summed E-state index contributed by atoms with van der Waals surface area (Å²) in [6, 6.07) is 26.7. The molecule has 5 aliphatic rings. The minimum Gasteiger partial charge on any atom is -0.457 e. The Morgan fingerprint density at radius 3 is 2.35 bits per heavy atom. The van der Waals surface area contributed by atoms with Gasteiger partial charge in [-0.25, -0.2) is 0 Å². The monoisotopic (exact) mass is 619 g/mol. The van der Waals surface area contributed by atoms with Gasteiger partial charge in [0.1, 0.15) is 11.5 Å². The number of amides is 1. The zero-order valence-electron chi connectivity index (χ0n) is 27.3. The summed E-state index contributed by atoms with van der Waals surface area (Å²) < 4.78 is 19.5. The van der Waals surface area contributed by atoms with E-state index >= 15 is 0 Å². The Balaban J connectivity index is 1.09. The number of benzene rings is 3. The van der Waals surface area contributed by atoms with Crippen LogP contribution in [0.3, 0.4) is 0 Å². The third-order valence-corrected chi connectivity index (χ3v) is 11.7. The molecule has 1 amide bonds. The van der Waals surface area contributed by atoms with Crippen molar-refractivity contribution in [3.63, 3.8) is 0 Å². The lowest BCUT2D eigenvalue weighted by Crippen LogP contribution is -2.65. The molecule has 46 heavy (non-hydrogen) atoms. The van der Waals surface area contributed by atoms with Gasteiger partial charge in [0.2, 0.25) is 5.91 Å². The van der Waals surface area contributed by atoms with Crippen LogP contribution in [0.2, 0.25) is 0 Å². The molecule has 1 heterocycles. The van der Waals surface area contributed by atoms with E-state index in [1.165, 1.54) is 25.7 Å². The van der Waals surface area contributed by atoms with Gasteiger partial charge in [-0.15, -0.1) is 0 Å². The second-order valence-corrected chi connectivity index (χ2v) is 14.9. The largest absolute Gasteiger partial charge is 0.481 e. The van der Waals surface area contributed by atoms with Crippen LogP contribution in [0.25, 0.3) is 0 Å². The lowest BCUT2D eigenvalue weighted by molar-refractivity contribution is -0.199. The first kappa shape index (κ1) is 31.2. The number of rotatable bonds is 12. The highest BCUT2D eigenvalue weighted by atomic mass is 16.7. The SMILES string of the molecule is CC1(C)[C@@H]2C[C@H]3OB([C@H](CC4CCC4)NC(=O)[C@@H](CC(=O)c4cccc(Oc5ccccc5)c4)Cc4ccccc4)O[C@@]3(C)[C@H]1C2. The van der Waals surface area contributed by atoms with Gasteiger partial charge in [-0.3, -0.25) is 9.59 Å². The second-order valence-electron chi connectivity index (χ2n) is 14.9. The van der Waals surface area contributed by atoms with Crippen LogP contribution in [0.5, 0.6) is 11.5 Å². The highest BCUT2D eigenvalue weighted by molar-refractivity contribution is 6.47. The Hall–Kier alpha value is -3.42. The zero-order chi connectivity index (χ0) is 31.9. The van der Waals surface area contributed by atoms with Crippen molar-refractivity contribution in [3.05, 3.63) is 96.1 Å². The molecule has 5 fully saturated rings. The summed E-state index contributed by atoms with van der Waals surface area (Å²) in [5.74, 6) is 1.98. The van der Waals surface area contributed by atoms with E-state index in [0.717, 1.165) is 18.4 Å². The fourth-order valence-electron chi connectivity index (χ4n) is 8.55. The Labute approximate surface area is 273 Å². The second kappa shape index (κ2) is 12.6. The number of hydrogen-bond donors (Lipinski definition) is 1. The van der Waals surface area contributed by atoms with Crippen LogP contribution in [-0.4, -0.2) is 36.5 Å². The molecule has 1 N–H and O–H groups in total. The number of carbonyl (C=O) groups excluding carboxylic acids is 2. The lowest BCUT2D eigenvalue weighted by atomic mass is 9.43. The van der Waals surface area contributed by atoms with E-state index in [1.54, 1.807) is 12.1 Å². The van der Waals surface area contributed by atoms with Crippen LogP contribution in [0.15, 0.2) is 84.9 Å². The van der Waals surface area contributed by atoms with E-state index in [-0.39, 0.29) is 41.2 Å². The van der Waals surface area contributed by atoms with Crippen molar-refractivity contribution in [1.29, 1.82) is 0 Å². The Kier molecular flexibility index (Phi) is 8.58. The molecule has 4 saturated carbocycles. The van der Waals surface area contributed by atoms with Crippen molar-refractivity contribution in [1.82, 2.24) is 5.32 Å². The first-order valence-corrected chi connectivity index (χ1v) is 17.2. The molecule has 6 nitrogen and oxygen atoms in total. The number of carbonyl (C=O) groups is 2. The number of ether oxygens (including phenoxy) is 1. The highest BCUT2D eigenvalue weighted by Crippen LogP contribution is 2.65. The molecule has 2 bridgehead atoms. The molecule has 240 valence electrons. The molecule has 3 aromatic rings. The summed E-state index contributed by atoms with van der Waals surface area (Å²) in [5.41, 5.74) is 1.48. The van der Waals surface area contributed by atoms with Crippen molar-refractivity contribution in [3.8, 4) is 11.5 Å². The Morgan fingerprint density at radius 1 is 0.935 bits per heavy atom. The minimum absolute atomic E-state index is 0.0575. The van der Waals surface area contributed by atoms with E-state index < -0.39 is 13.0 Å². The predicted octanol–water partition coefficient (Wildman–Crippen LogP) is 7.85. The normalized spacial score (nSPS) is 27.5. The first-order chi connectivity index (χ1) is 22.2. The van der Waals surface area contributed by atoms with E-state index in [1.807, 2.05) is 72.8 Å². The summed E-state index contributed by atoms with van der Waals surface area (Å²) in [5, 5.41) is 3.39. The van der Waals surface area contributed by atoms with Gasteiger partial charge < -0.3 is 19.4 Å². The van der Waals surface area contributed by atoms with Crippen LogP contribution < -0.4 is 10.1 Å². The van der Waals surface area contributed by atoms with E-state index in [9.17, 15) is 9.59 Å². The molecule has 3 aromatic carbocycles. The van der Waals surface area contributed by atoms with Gasteiger partial charge in [0.25, 0.3) is 0 Å². The molecular weight excluding hydrogens is 573 g/mol. The number of Topliss-reactive ketones (excluding diaryl/α,β-unsaturated/α-hetero) is 1. The van der Waals surface area contributed by atoms with Crippen LogP contribution in [0, 0.1) is 29.1 Å². The fourth-order valence-corrected chi connectivity index (χ4v) is 8.55. The Bertz CT molecular complexity index is 1540. The first-order valence-electron chi connectivity index (χ1n) is 17.2. The molecule has 8 rings (SSSR count). The van der Waals surface area contributed by atoms with Gasteiger partial charge in [0, 0.05) is 17.9 Å². The molecular formula is C39H46BNO5. The van der Waals surface area contributed by atoms with Crippen molar-refractivity contribution in [2.75, 3.05) is 0 Å². The van der Waals surface area contributed by atoms with Crippen molar-refractivity contribution in [2.24, 2.45) is 29.1 Å². The van der Waals surface area contributed by atoms with Crippen molar-refractivity contribution in [2.45, 2.75) is 89.8 Å². The molecule has 1 aliphatic heterocycles. The summed E-state index contributed by atoms with van der Waals surface area (Å²) in [4.78, 5) is 28.0. The fraction of sp³-hybridized carbons (Fsp3) is 0.487. The number of hydrogen-bond acceptors (Lipinski definition) is 5. The average molecular weight is 620 g/mol. The lowest BCUT2D eigenvalue weighted by Gasteiger charge is -2.64. The maximum absolute atomic E-state index is 14.2. The average Bonchev–Trinajstić information content (AvgIpc) is 3.40. The zero-order valence-corrected chi connectivity index (χ0v) is 27.3. The van der Waals surface area contributed by atoms with Gasteiger partial charge in [0.05, 0.1) is 17.6 Å². The maximum Gasteiger partial charge on any atom is 0.481 e. The third kappa shape index (κ3) is 6.16. The summed E-state index contributed by atoms with van der Waals surface area (Å²) in [6.07, 6.45) is 7.23. The topological polar surface area (TPSA) is 73.9 Å². The van der Waals surface area contributed by atoms with Crippen LogP contribution >= 0.6 is 0 Å². The van der Waals surface area contributed by atoms with Crippen LogP contribution in [0.1, 0.15) is 81.6 Å². The molecule has 6 atom stereocenters. The Morgan fingerprint density at radius 2 is 1.65 bits per heavy atom. The summed E-state index contributed by atoms with van der Waals surface area (Å²) in [7, 11) is -0.477. The van der Waals surface area contributed by atoms with Crippen LogP contribution in [-0.2, 0) is 20.5 Å². The van der Waals surface area contributed by atoms with Gasteiger partial charge >= 0.3 is 7.12 Å². The molecule has 0 aromatic heterocycles. The number of ketones is 1. The van der Waals surface area contributed by atoms with E-state index in [0.29, 0.717) is 41.2 Å². The quantitative estimate of drug-likeness (QED) is 0.165. The predicted molar refractivity (Wildman–Crippen MR) is 180 cm³/mol. The van der Waals surface area contributed by atoms with Gasteiger partial charge in [0.15, 0.2) is 5.78 Å². The number of para-hydroxylation sites is 1. The smallest absolute Gasteiger partial charge is 0.457 e. The maximum atomic E-state index is 14.2. The molecule has 0 unspecified atom stereocenters. The van der Waals surface area contributed by atoms with Crippen molar-refractivity contribution >= 4 is 18.8 Å². The van der Waals surface area contributed by atoms with Crippen LogP contribution in [0.4, 0.5) is 0 Å². The van der Waals surface area contributed by atoms with Gasteiger partial charge in [-0.2, -0.15) is 0 Å². The summed E-state index contributed by atoms with van der Waals surface area (Å²) >= 11 is 0. The summed E-state index contributed by atoms with van der Waals surface area (Å²) in [6.45, 7) is 6.97. The van der Waals surface area contributed by atoms with Gasteiger partial charge in [-0.05, 0) is 85.6 Å². The minimum atomic E-state index is -0.538. The molecule has 1 saturated heterocycles. The standard InChI is InChI=1S/C39H46BNO5/c1-38(2)30-24-34(38)39(3)35(25-30)45-40(46-39)36(21-27-14-10-15-27)41-37(43)29(20-26-12-6-4-7-13-26)23-33(42)28-16-11-19-32(22-28)44-31-17-8-5-9-18-31/h4-9,11-13,16-19,22,27,29-30,34-36H,10,14-15,20-21,23-25H2,1-3H3,(H,41,43)/t29-,30+,34+,35-,36+,39+/m1/s1. The highest BCUT2D eigenvalue weighted by Gasteiger charge is 2.68. The van der Waals surface area contributed by atoms with E-state index in [2.05, 4.69) is 26.1 Å². The molecule has 0 radical (unpaired) electrons. The molecule has 7 heteroatoms. The third-order valence-electron chi connectivity index (χ3n) is 11.7. The molecule has 0 spiro atoms. The van der Waals surface area contributed by atoms with Gasteiger partial charge in [-0.1, -0.05) is 93.8 Å². The molecule has 4 aliphatic carbocycles. The van der Waals surface area contributed by atoms with Crippen molar-refractivity contribution < 1.29 is 23.6 Å². The number of nitrogens with one attached hydrogen (secondary N) is 1.